The summed E-state index contributed by atoms with van der Waals surface area (Å²) in [7, 11) is 0. The molecule has 0 heterocycles. The molecule has 0 aromatic rings. The molecule has 2 radical (unpaired) electrons. The van der Waals surface area contributed by atoms with E-state index < -0.39 is 0 Å². The average Bonchev–Trinajstić information content (AvgIpc) is 1.81. The van der Waals surface area contributed by atoms with E-state index in [2.05, 4.69) is 52.8 Å². The van der Waals surface area contributed by atoms with Gasteiger partial charge < -0.3 is 25.5 Å². The van der Waals surface area contributed by atoms with Crippen molar-refractivity contribution in [3.63, 3.8) is 0 Å². The molecule has 0 saturated heterocycles. The monoisotopic (exact) mass is 1600 g/mol. The number of aliphatic hydroxyl groups excluding tert-OH is 5. The van der Waals surface area contributed by atoms with Crippen LogP contribution in [0.3, 0.4) is 0 Å². The zero-order valence-corrected chi connectivity index (χ0v) is 62.3. The van der Waals surface area contributed by atoms with Gasteiger partial charge in [0, 0.05) is 135 Å². The molecule has 0 aliphatic heterocycles. The molecule has 468 valence electrons. The molecule has 11 unspecified atom stereocenters. The maximum atomic E-state index is 12.4. The van der Waals surface area contributed by atoms with Crippen LogP contribution in [-0.4, -0.2) is 80.7 Å². The number of fused-ring (bicyclic) bond motifs is 13. The zero-order valence-electron chi connectivity index (χ0n) is 52.8. The first-order valence-corrected chi connectivity index (χ1v) is 33.7. The fourth-order valence-corrected chi connectivity index (χ4v) is 21.2. The summed E-state index contributed by atoms with van der Waals surface area (Å²) in [5.74, 6) is 5.50. The van der Waals surface area contributed by atoms with Crippen molar-refractivity contribution in [2.75, 3.05) is 19.8 Å². The van der Waals surface area contributed by atoms with E-state index in [1.807, 2.05) is 6.08 Å². The largest absolute Gasteiger partial charge is 0.395 e. The van der Waals surface area contributed by atoms with E-state index >= 15 is 0 Å². The summed E-state index contributed by atoms with van der Waals surface area (Å²) in [4.78, 5) is 46.7. The third-order valence-electron chi connectivity index (χ3n) is 26.6. The van der Waals surface area contributed by atoms with Crippen LogP contribution < -0.4 is 0 Å². The number of rotatable bonds is 3. The molecule has 0 bridgehead atoms. The number of ketones is 4. The summed E-state index contributed by atoms with van der Waals surface area (Å²) in [6, 6.07) is 0. The third kappa shape index (κ3) is 14.2. The molecule has 0 aromatic carbocycles. The molecule has 85 heavy (non-hydrogen) atoms. The second-order valence-corrected chi connectivity index (χ2v) is 30.4. The predicted octanol–water partition coefficient (Wildman–Crippen LogP) is 15.3. The number of allylic oxidation sites excluding steroid dienone is 6. The van der Waals surface area contributed by atoms with E-state index in [0.717, 1.165) is 127 Å². The van der Waals surface area contributed by atoms with Crippen molar-refractivity contribution in [2.45, 2.75) is 273 Å². The molecule has 14 aliphatic carbocycles. The van der Waals surface area contributed by atoms with Crippen LogP contribution in [0.15, 0.2) is 69.9 Å². The Balaban J connectivity index is 0.000000155. The van der Waals surface area contributed by atoms with Gasteiger partial charge in [0.05, 0.1) is 32.0 Å². The molecular weight excluding hydrogens is 1490 g/mol. The van der Waals surface area contributed by atoms with Gasteiger partial charge >= 0.3 is 0 Å². The fraction of sp³-hybridized carbons (Fsp3) is 0.784. The molecule has 11 heteroatoms. The van der Waals surface area contributed by atoms with Gasteiger partial charge in [-0.1, -0.05) is 99.6 Å². The number of carbonyl (C=O) groups is 4. The van der Waals surface area contributed by atoms with Crippen molar-refractivity contribution in [1.29, 1.82) is 0 Å². The number of hydrogen-bond donors (Lipinski definition) is 5. The van der Waals surface area contributed by atoms with E-state index in [1.54, 1.807) is 17.7 Å². The van der Waals surface area contributed by atoms with Crippen LogP contribution in [0.25, 0.3) is 0 Å². The molecular formula is C74H112Ac2O9. The minimum Gasteiger partial charge on any atom is -0.395 e. The van der Waals surface area contributed by atoms with Crippen LogP contribution in [0, 0.1) is 162 Å². The topological polar surface area (TPSA) is 169 Å². The minimum atomic E-state index is -0.122. The first-order valence-electron chi connectivity index (χ1n) is 33.7. The Hall–Kier alpha value is -0.197. The molecule has 5 N–H and O–H groups in total. The zero-order chi connectivity index (χ0) is 58.3. The van der Waals surface area contributed by atoms with E-state index in [9.17, 15) is 44.7 Å². The molecule has 15 atom stereocenters. The molecule has 14 rings (SSSR count). The summed E-state index contributed by atoms with van der Waals surface area (Å²) >= 11 is 0. The van der Waals surface area contributed by atoms with Crippen molar-refractivity contribution in [3.8, 4) is 0 Å². The molecule has 9 fully saturated rings. The van der Waals surface area contributed by atoms with Crippen LogP contribution in [0.2, 0.25) is 0 Å². The Bertz CT molecular complexity index is 2560. The molecule has 0 amide bonds. The van der Waals surface area contributed by atoms with Gasteiger partial charge in [0.15, 0.2) is 17.3 Å². The predicted molar refractivity (Wildman–Crippen MR) is 332 cm³/mol. The van der Waals surface area contributed by atoms with Crippen LogP contribution >= 0.6 is 0 Å². The second kappa shape index (κ2) is 29.8. The Labute approximate surface area is 585 Å². The molecule has 9 saturated carbocycles. The molecule has 0 spiro atoms. The van der Waals surface area contributed by atoms with Crippen LogP contribution in [0.1, 0.15) is 260 Å². The third-order valence-corrected chi connectivity index (χ3v) is 26.6. The van der Waals surface area contributed by atoms with E-state index in [0.29, 0.717) is 59.0 Å². The second-order valence-electron chi connectivity index (χ2n) is 30.4. The fourth-order valence-electron chi connectivity index (χ4n) is 21.2. The first kappa shape index (κ1) is 72.2. The number of hydrogen-bond acceptors (Lipinski definition) is 9. The van der Waals surface area contributed by atoms with Crippen LogP contribution in [0.4, 0.5) is 0 Å². The van der Waals surface area contributed by atoms with Crippen molar-refractivity contribution in [2.24, 2.45) is 73.4 Å². The van der Waals surface area contributed by atoms with Gasteiger partial charge in [-0.05, 0) is 257 Å². The van der Waals surface area contributed by atoms with Crippen molar-refractivity contribution in [1.82, 2.24) is 0 Å². The minimum absolute atomic E-state index is 0. The normalized spacial score (nSPS) is 42.2. The van der Waals surface area contributed by atoms with Crippen molar-refractivity contribution in [3.05, 3.63) is 69.9 Å². The van der Waals surface area contributed by atoms with Gasteiger partial charge in [-0.2, -0.15) is 0 Å². The van der Waals surface area contributed by atoms with Crippen LogP contribution in [0.5, 0.6) is 0 Å². The van der Waals surface area contributed by atoms with Crippen molar-refractivity contribution < 1.29 is 133 Å². The summed E-state index contributed by atoms with van der Waals surface area (Å²) in [5, 5.41) is 48.7. The average molecular weight is 1600 g/mol. The maximum absolute atomic E-state index is 12.4. The number of Topliss-reactive ketones (excluding diaryl/α,β-unsaturated/α-hetero) is 1. The molecule has 0 aromatic heterocycles. The van der Waals surface area contributed by atoms with Gasteiger partial charge in [0.2, 0.25) is 0 Å². The quantitative estimate of drug-likeness (QED) is 0.173. The van der Waals surface area contributed by atoms with Crippen LogP contribution in [-0.2, 0) is 19.2 Å². The summed E-state index contributed by atoms with van der Waals surface area (Å²) in [6.07, 6.45) is 48.7. The summed E-state index contributed by atoms with van der Waals surface area (Å²) in [5.41, 5.74) is 9.51. The van der Waals surface area contributed by atoms with E-state index in [-0.39, 0.29) is 167 Å². The SMILES string of the molecule is C.C/C=C1/CCC2C3CCC4=CC(=O)CCC4(CO)C3CC[C@]12C.C[C@@]12CCCC=C1CC(O)CC2.C[C@]12CCC(O)CC1=CCC1C2CC[C@]2(C)C(=O)CCC12.O=C1C=C2CCCCC2(CO)CC1.O=C1C=C2CCCCC2(CO)CC1.[Ac].[Ac]. The van der Waals surface area contributed by atoms with E-state index in [1.165, 1.54) is 118 Å². The van der Waals surface area contributed by atoms with Gasteiger partial charge in [-0.3, -0.25) is 19.2 Å². The maximum Gasteiger partial charge on any atom is 0.155 e. The van der Waals surface area contributed by atoms with Crippen molar-refractivity contribution >= 4 is 23.1 Å². The van der Waals surface area contributed by atoms with Gasteiger partial charge in [0.1, 0.15) is 5.78 Å². The van der Waals surface area contributed by atoms with Gasteiger partial charge in [-0.15, -0.1) is 0 Å². The summed E-state index contributed by atoms with van der Waals surface area (Å²) in [6.45, 7) is 12.5. The van der Waals surface area contributed by atoms with E-state index in [4.69, 9.17) is 0 Å². The summed E-state index contributed by atoms with van der Waals surface area (Å²) < 4.78 is 0. The first-order chi connectivity index (χ1) is 39.2. The molecule has 9 nitrogen and oxygen atoms in total. The smallest absolute Gasteiger partial charge is 0.155 e. The Kier molecular flexibility index (Phi) is 25.3. The Morgan fingerprint density at radius 1 is 0.459 bits per heavy atom. The number of aliphatic hydroxyl groups is 5. The Morgan fingerprint density at radius 3 is 1.60 bits per heavy atom. The number of carbonyl (C=O) groups excluding carboxylic acids is 4. The van der Waals surface area contributed by atoms with Gasteiger partial charge in [-0.25, -0.2) is 0 Å². The van der Waals surface area contributed by atoms with Gasteiger partial charge in [0.25, 0.3) is 0 Å². The molecule has 14 aliphatic rings. The standard InChI is InChI=1S/C21H30O2.C19H28O2.2C11H16O2.C11H18O.CH4.2Ac/c1-3-14-5-7-18-17-6-4-15-12-16(23)8-11-21(15,13-22)19(17)9-10-20(14,18)2;1-18-9-7-13(20)11-12(18)3-4-14-15-5-6-17(21)19(15,2)10-8-16(14)18;2*12-8-11-5-2-1-3-9(11)7-10(13)4-6-11;1-11-6-3-2-4-9(11)8-10(12)5-7-11;;;/h3,12,17-19,22H,4-11,13H2,1-2H3;3,13-16,20H,4-11H2,1-2H3;2*7,12H,1-6,8H2;4,10,12H,2-3,5-8H2,1H3;1H4;;/b14-3-;;;;;;;/t17?,18?,19?,20-,21?;13?,14?,15?,16?,18-,19-;;;10?,11-;;;/m10..0.../s1. The Morgan fingerprint density at radius 2 is 0.988 bits per heavy atom.